The molecule has 0 bridgehead atoms. The molecule has 0 aliphatic heterocycles. The lowest BCUT2D eigenvalue weighted by Gasteiger charge is -2.46. The number of benzene rings is 6. The van der Waals surface area contributed by atoms with Crippen LogP contribution < -0.4 is 31.2 Å². The molecule has 79 heavy (non-hydrogen) atoms. The number of rotatable bonds is 8. The minimum atomic E-state index is -6.13. The Kier molecular flexibility index (Phi) is 16.3. The van der Waals surface area contributed by atoms with Crippen LogP contribution in [0, 0.1) is 11.3 Å². The summed E-state index contributed by atoms with van der Waals surface area (Å²) < 4.78 is 349. The van der Waals surface area contributed by atoms with E-state index in [1.54, 1.807) is 36.7 Å². The van der Waals surface area contributed by atoms with E-state index in [1.165, 1.54) is 5.56 Å². The van der Waals surface area contributed by atoms with E-state index in [1.807, 2.05) is 29.0 Å². The fraction of sp³-hybridized carbons (Fsp3) is 0.180. The molecule has 0 aliphatic carbocycles. The van der Waals surface area contributed by atoms with Crippen molar-refractivity contribution in [3.05, 3.63) is 202 Å². The zero-order valence-electron chi connectivity index (χ0n) is 38.5. The number of nitriles is 1. The molecule has 0 radical (unpaired) electrons. The molecule has 0 fully saturated rings. The molecule has 0 aliphatic rings. The van der Waals surface area contributed by atoms with E-state index >= 15 is 0 Å². The largest absolute Gasteiger partial charge is 0.416 e. The molecule has 418 valence electrons. The summed E-state index contributed by atoms with van der Waals surface area (Å²) in [7, 11) is 0. The van der Waals surface area contributed by atoms with Crippen LogP contribution >= 0.6 is 0 Å². The fourth-order valence-corrected chi connectivity index (χ4v) is 8.16. The van der Waals surface area contributed by atoms with Crippen LogP contribution in [0.15, 0.2) is 146 Å². The summed E-state index contributed by atoms with van der Waals surface area (Å²) in [6.45, 7) is 0.703. The summed E-state index contributed by atoms with van der Waals surface area (Å²) in [6.07, 6.45) is -49.5. The van der Waals surface area contributed by atoms with Gasteiger partial charge in [0.05, 0.1) is 62.3 Å². The fourth-order valence-electron chi connectivity index (χ4n) is 8.16. The van der Waals surface area contributed by atoms with Gasteiger partial charge in [0, 0.05) is 5.56 Å². The number of halogens is 24. The molecule has 1 aromatic heterocycles. The van der Waals surface area contributed by atoms with E-state index in [4.69, 9.17) is 10.00 Å². The Morgan fingerprint density at radius 1 is 0.405 bits per heavy atom. The van der Waals surface area contributed by atoms with Gasteiger partial charge >= 0.3 is 55.3 Å². The van der Waals surface area contributed by atoms with Crippen molar-refractivity contribution in [2.45, 2.75) is 56.0 Å². The number of nitrogens with zero attached hydrogens (tertiary/aromatic N) is 3. The van der Waals surface area contributed by atoms with Gasteiger partial charge in [-0.2, -0.15) is 137 Å². The van der Waals surface area contributed by atoms with Crippen LogP contribution in [-0.4, -0.2) is 11.1 Å². The molecule has 1 heterocycles. The average Bonchev–Trinajstić information content (AvgIpc) is 3.34. The average molecular weight is 1150 g/mol. The smallest absolute Gasteiger partial charge is 0.404 e. The van der Waals surface area contributed by atoms with Crippen LogP contribution in [0.5, 0.6) is 11.6 Å². The monoisotopic (exact) mass is 1150 g/mol. The van der Waals surface area contributed by atoms with Crippen molar-refractivity contribution >= 4 is 28.0 Å². The molecule has 6 aromatic carbocycles. The number of ether oxygens (including phenoxy) is 1. The highest BCUT2D eigenvalue weighted by atomic mass is 19.4. The number of aromatic nitrogens is 2. The second kappa shape index (κ2) is 21.4. The summed E-state index contributed by atoms with van der Waals surface area (Å²) in [5, 5.41) is 8.82. The molecule has 0 N–H and O–H groups in total. The third-order valence-corrected chi connectivity index (χ3v) is 11.6. The Morgan fingerprint density at radius 3 is 0.962 bits per heavy atom. The Hall–Kier alpha value is -7.93. The highest BCUT2D eigenvalue weighted by Gasteiger charge is 2.47. The predicted octanol–water partition coefficient (Wildman–Crippen LogP) is 14.3. The van der Waals surface area contributed by atoms with Crippen LogP contribution in [0.1, 0.15) is 55.6 Å². The molecule has 7 aromatic rings. The maximum Gasteiger partial charge on any atom is 0.416 e. The van der Waals surface area contributed by atoms with Crippen molar-refractivity contribution in [1.82, 2.24) is 4.98 Å². The molecule has 4 nitrogen and oxygen atoms in total. The number of hydrogen-bond donors (Lipinski definition) is 0. The quantitative estimate of drug-likeness (QED) is 0.0865. The molecular formula is C50H26BF24N3O. The first-order valence-corrected chi connectivity index (χ1v) is 21.5. The standard InChI is InChI=1S/C32H12BF24.C18H14N3O/c34-25(35,36)13-1-14(26(37,38)39)6-21(5-13)33(22-7-15(27(40,41)42)2-16(8-22)28(43,44)45,23-9-17(29(46,47)48)3-18(10-23)30(49,50)51)24-11-19(31(52,53)54)4-20(12-24)32(55,56)57;19-12-15-6-8-17(9-7-15)22-18-13-20-10-11-21(18)14-16-4-2-1-3-5-16/h1-12H;1-11,13H,14H2/q-1;+1. The van der Waals surface area contributed by atoms with Crippen molar-refractivity contribution in [3.8, 4) is 17.7 Å². The van der Waals surface area contributed by atoms with Gasteiger partial charge in [-0.1, -0.05) is 78.9 Å². The van der Waals surface area contributed by atoms with E-state index in [2.05, 4.69) is 23.2 Å². The highest BCUT2D eigenvalue weighted by Crippen LogP contribution is 2.41. The lowest BCUT2D eigenvalue weighted by Crippen LogP contribution is -2.75. The van der Waals surface area contributed by atoms with Gasteiger partial charge in [-0.05, 0) is 48.5 Å². The molecule has 7 rings (SSSR count). The zero-order valence-corrected chi connectivity index (χ0v) is 38.5. The summed E-state index contributed by atoms with van der Waals surface area (Å²) in [5.74, 6) is 1.32. The van der Waals surface area contributed by atoms with Crippen molar-refractivity contribution in [1.29, 1.82) is 5.26 Å². The Balaban J connectivity index is 0.000000378. The molecule has 0 amide bonds. The van der Waals surface area contributed by atoms with Crippen LogP contribution in [0.2, 0.25) is 0 Å². The highest BCUT2D eigenvalue weighted by molar-refractivity contribution is 7.20. The van der Waals surface area contributed by atoms with E-state index < -0.39 is 195 Å². The lowest BCUT2D eigenvalue weighted by atomic mass is 9.12. The first-order valence-electron chi connectivity index (χ1n) is 21.5. The normalized spacial score (nSPS) is 13.1. The van der Waals surface area contributed by atoms with Gasteiger partial charge in [-0.25, -0.2) is 4.98 Å². The molecule has 0 saturated carbocycles. The molecule has 29 heteroatoms. The minimum absolute atomic E-state index is 0.607. The van der Waals surface area contributed by atoms with Crippen molar-refractivity contribution in [2.75, 3.05) is 0 Å². The van der Waals surface area contributed by atoms with Crippen molar-refractivity contribution < 1.29 is 115 Å². The van der Waals surface area contributed by atoms with Crippen molar-refractivity contribution in [3.63, 3.8) is 0 Å². The molecule has 0 saturated heterocycles. The van der Waals surface area contributed by atoms with Crippen LogP contribution in [-0.2, 0) is 56.0 Å². The van der Waals surface area contributed by atoms with Gasteiger partial charge in [0.25, 0.3) is 0 Å². The van der Waals surface area contributed by atoms with E-state index in [9.17, 15) is 105 Å². The molecule has 0 unspecified atom stereocenters. The van der Waals surface area contributed by atoms with Crippen LogP contribution in [0.25, 0.3) is 0 Å². The number of hydrogen-bond acceptors (Lipinski definition) is 3. The Morgan fingerprint density at radius 2 is 0.696 bits per heavy atom. The van der Waals surface area contributed by atoms with Gasteiger partial charge in [0.15, 0.2) is 12.7 Å². The summed E-state index contributed by atoms with van der Waals surface area (Å²) in [4.78, 5) is 4.12. The maximum atomic E-state index is 14.2. The van der Waals surface area contributed by atoms with Crippen LogP contribution in [0.4, 0.5) is 105 Å². The van der Waals surface area contributed by atoms with Crippen LogP contribution in [0.3, 0.4) is 0 Å². The SMILES string of the molecule is FC(F)(F)c1cc([B-](c2cc(C(F)(F)F)cc(C(F)(F)F)c2)(c2cc(C(F)(F)F)cc(C(F)(F)F)c2)c2cc(C(F)(F)F)cc(C(F)(F)F)c2)cc(C(F)(F)F)c1.N#Cc1ccc(Oc2cncc[n+]2Cc2ccccc2)cc1. The Labute approximate surface area is 427 Å². The number of alkyl halides is 24. The third kappa shape index (κ3) is 14.2. The summed E-state index contributed by atoms with van der Waals surface area (Å²) in [6, 6.07) is 10.4. The summed E-state index contributed by atoms with van der Waals surface area (Å²) in [5.41, 5.74) is -28.4. The van der Waals surface area contributed by atoms with Gasteiger partial charge in [0.2, 0.25) is 0 Å². The van der Waals surface area contributed by atoms with E-state index in [0.717, 1.165) is 0 Å². The van der Waals surface area contributed by atoms with Gasteiger partial charge in [0.1, 0.15) is 18.1 Å². The lowest BCUT2D eigenvalue weighted by molar-refractivity contribution is -0.692. The maximum absolute atomic E-state index is 14.2. The minimum Gasteiger partial charge on any atom is -0.404 e. The first-order chi connectivity index (χ1) is 36.1. The molecule has 0 spiro atoms. The van der Waals surface area contributed by atoms with Gasteiger partial charge in [-0.15, -0.1) is 0 Å². The van der Waals surface area contributed by atoms with Gasteiger partial charge in [-0.3, -0.25) is 0 Å². The molecule has 0 atom stereocenters. The third-order valence-electron chi connectivity index (χ3n) is 11.6. The summed E-state index contributed by atoms with van der Waals surface area (Å²) >= 11 is 0. The predicted molar refractivity (Wildman–Crippen MR) is 231 cm³/mol. The topological polar surface area (TPSA) is 49.8 Å². The Bertz CT molecular complexity index is 2910. The zero-order chi connectivity index (χ0) is 59.1. The van der Waals surface area contributed by atoms with Crippen molar-refractivity contribution in [2.24, 2.45) is 0 Å². The second-order valence-corrected chi connectivity index (χ2v) is 17.0. The van der Waals surface area contributed by atoms with E-state index in [-0.39, 0.29) is 0 Å². The first kappa shape index (κ1) is 60.3. The second-order valence-electron chi connectivity index (χ2n) is 17.0. The van der Waals surface area contributed by atoms with Gasteiger partial charge < -0.3 is 4.74 Å². The van der Waals surface area contributed by atoms with E-state index in [0.29, 0.717) is 23.7 Å². The molecular weight excluding hydrogens is 1130 g/mol.